The van der Waals surface area contributed by atoms with Crippen LogP contribution in [-0.4, -0.2) is 5.11 Å². The molecule has 0 amide bonds. The summed E-state index contributed by atoms with van der Waals surface area (Å²) < 4.78 is 1.73. The Hall–Kier alpha value is -0.800. The standard InChI is InChI=1S/C13H10Br2O/c1-8-5-11(13(16)12(15)6-8)9-3-2-4-10(14)7-9/h2-7,16H,1H3. The summed E-state index contributed by atoms with van der Waals surface area (Å²) in [4.78, 5) is 0. The fourth-order valence-electron chi connectivity index (χ4n) is 1.61. The van der Waals surface area contributed by atoms with Crippen molar-refractivity contribution in [1.82, 2.24) is 0 Å². The van der Waals surface area contributed by atoms with Gasteiger partial charge in [0.25, 0.3) is 0 Å². The number of hydrogen-bond donors (Lipinski definition) is 1. The highest BCUT2D eigenvalue weighted by molar-refractivity contribution is 9.10. The van der Waals surface area contributed by atoms with E-state index in [2.05, 4.69) is 31.9 Å². The van der Waals surface area contributed by atoms with Crippen molar-refractivity contribution in [1.29, 1.82) is 0 Å². The summed E-state index contributed by atoms with van der Waals surface area (Å²) in [6.45, 7) is 2.01. The molecule has 0 aliphatic rings. The topological polar surface area (TPSA) is 20.2 Å². The smallest absolute Gasteiger partial charge is 0.137 e. The van der Waals surface area contributed by atoms with Gasteiger partial charge in [-0.05, 0) is 58.2 Å². The van der Waals surface area contributed by atoms with Gasteiger partial charge in [0.1, 0.15) is 5.75 Å². The van der Waals surface area contributed by atoms with Gasteiger partial charge in [-0.3, -0.25) is 0 Å². The first-order valence-electron chi connectivity index (χ1n) is 4.83. The lowest BCUT2D eigenvalue weighted by atomic mass is 10.0. The van der Waals surface area contributed by atoms with Crippen LogP contribution >= 0.6 is 31.9 Å². The van der Waals surface area contributed by atoms with Crippen LogP contribution in [0.15, 0.2) is 45.3 Å². The van der Waals surface area contributed by atoms with Gasteiger partial charge in [0, 0.05) is 10.0 Å². The van der Waals surface area contributed by atoms with Crippen LogP contribution in [0, 0.1) is 6.92 Å². The van der Waals surface area contributed by atoms with Gasteiger partial charge in [-0.25, -0.2) is 0 Å². The number of rotatable bonds is 1. The summed E-state index contributed by atoms with van der Waals surface area (Å²) >= 11 is 6.78. The van der Waals surface area contributed by atoms with Crippen molar-refractivity contribution >= 4 is 31.9 Å². The van der Waals surface area contributed by atoms with Crippen LogP contribution < -0.4 is 0 Å². The van der Waals surface area contributed by atoms with E-state index in [4.69, 9.17) is 0 Å². The van der Waals surface area contributed by atoms with E-state index >= 15 is 0 Å². The molecule has 16 heavy (non-hydrogen) atoms. The van der Waals surface area contributed by atoms with Crippen molar-refractivity contribution in [2.24, 2.45) is 0 Å². The minimum atomic E-state index is 0.281. The van der Waals surface area contributed by atoms with E-state index < -0.39 is 0 Å². The van der Waals surface area contributed by atoms with E-state index in [1.807, 2.05) is 43.3 Å². The fraction of sp³-hybridized carbons (Fsp3) is 0.0769. The van der Waals surface area contributed by atoms with Crippen molar-refractivity contribution in [3.8, 4) is 16.9 Å². The molecule has 0 heterocycles. The fourth-order valence-corrected chi connectivity index (χ4v) is 2.58. The number of aryl methyl sites for hydroxylation is 1. The predicted octanol–water partition coefficient (Wildman–Crippen LogP) is 4.89. The van der Waals surface area contributed by atoms with Crippen molar-refractivity contribution in [3.05, 3.63) is 50.9 Å². The molecule has 1 nitrogen and oxygen atoms in total. The molecule has 1 N–H and O–H groups in total. The van der Waals surface area contributed by atoms with Crippen molar-refractivity contribution in [2.75, 3.05) is 0 Å². The Kier molecular flexibility index (Phi) is 3.36. The molecule has 0 spiro atoms. The highest BCUT2D eigenvalue weighted by Gasteiger charge is 2.08. The van der Waals surface area contributed by atoms with Crippen LogP contribution in [0.1, 0.15) is 5.56 Å². The molecular formula is C13H10Br2O. The van der Waals surface area contributed by atoms with E-state index in [1.165, 1.54) is 0 Å². The van der Waals surface area contributed by atoms with E-state index in [-0.39, 0.29) is 5.75 Å². The zero-order valence-corrected chi connectivity index (χ0v) is 11.8. The van der Waals surface area contributed by atoms with Crippen LogP contribution in [0.3, 0.4) is 0 Å². The van der Waals surface area contributed by atoms with Crippen molar-refractivity contribution in [2.45, 2.75) is 6.92 Å². The van der Waals surface area contributed by atoms with Crippen molar-refractivity contribution < 1.29 is 5.11 Å². The molecule has 0 bridgehead atoms. The van der Waals surface area contributed by atoms with Gasteiger partial charge in [0.15, 0.2) is 0 Å². The molecule has 0 aromatic heterocycles. The molecule has 0 aliphatic carbocycles. The van der Waals surface area contributed by atoms with Gasteiger partial charge < -0.3 is 5.11 Å². The normalized spacial score (nSPS) is 10.4. The molecule has 0 saturated carbocycles. The molecule has 2 aromatic carbocycles. The molecule has 0 unspecified atom stereocenters. The summed E-state index contributed by atoms with van der Waals surface area (Å²) in [6.07, 6.45) is 0. The molecule has 0 fully saturated rings. The molecular weight excluding hydrogens is 332 g/mol. The lowest BCUT2D eigenvalue weighted by Crippen LogP contribution is -1.83. The monoisotopic (exact) mass is 340 g/mol. The van der Waals surface area contributed by atoms with Crippen LogP contribution in [0.2, 0.25) is 0 Å². The van der Waals surface area contributed by atoms with Gasteiger partial charge in [0.2, 0.25) is 0 Å². The van der Waals surface area contributed by atoms with E-state index in [9.17, 15) is 5.11 Å². The predicted molar refractivity (Wildman–Crippen MR) is 73.7 cm³/mol. The first-order valence-corrected chi connectivity index (χ1v) is 6.41. The van der Waals surface area contributed by atoms with E-state index in [0.29, 0.717) is 0 Å². The quantitative estimate of drug-likeness (QED) is 0.782. The maximum absolute atomic E-state index is 10.0. The highest BCUT2D eigenvalue weighted by Crippen LogP contribution is 2.37. The molecule has 2 aromatic rings. The van der Waals surface area contributed by atoms with Crippen molar-refractivity contribution in [3.63, 3.8) is 0 Å². The van der Waals surface area contributed by atoms with Gasteiger partial charge in [0.05, 0.1) is 4.47 Å². The van der Waals surface area contributed by atoms with Gasteiger partial charge in [-0.15, -0.1) is 0 Å². The summed E-state index contributed by atoms with van der Waals surface area (Å²) in [7, 11) is 0. The van der Waals surface area contributed by atoms with Crippen LogP contribution in [-0.2, 0) is 0 Å². The first-order chi connectivity index (χ1) is 7.58. The largest absolute Gasteiger partial charge is 0.506 e. The summed E-state index contributed by atoms with van der Waals surface area (Å²) in [5.41, 5.74) is 2.95. The lowest BCUT2D eigenvalue weighted by molar-refractivity contribution is 0.474. The molecule has 2 rings (SSSR count). The molecule has 0 aliphatic heterocycles. The average Bonchev–Trinajstić information content (AvgIpc) is 2.23. The Morgan fingerprint density at radius 1 is 1.06 bits per heavy atom. The third kappa shape index (κ3) is 2.30. The number of hydrogen-bond acceptors (Lipinski definition) is 1. The Bertz CT molecular complexity index is 535. The second-order valence-corrected chi connectivity index (χ2v) is 5.42. The first kappa shape index (κ1) is 11.7. The summed E-state index contributed by atoms with van der Waals surface area (Å²) in [6, 6.07) is 11.8. The third-order valence-electron chi connectivity index (χ3n) is 2.34. The molecule has 3 heteroatoms. The number of phenolic OH excluding ortho intramolecular Hbond substituents is 1. The summed E-state index contributed by atoms with van der Waals surface area (Å²) in [5, 5.41) is 10.0. The number of benzene rings is 2. The molecule has 0 saturated heterocycles. The molecule has 82 valence electrons. The second kappa shape index (κ2) is 4.60. The van der Waals surface area contributed by atoms with Crippen LogP contribution in [0.25, 0.3) is 11.1 Å². The third-order valence-corrected chi connectivity index (χ3v) is 3.44. The Morgan fingerprint density at radius 3 is 2.50 bits per heavy atom. The number of aromatic hydroxyl groups is 1. The zero-order valence-electron chi connectivity index (χ0n) is 8.67. The SMILES string of the molecule is Cc1cc(Br)c(O)c(-c2cccc(Br)c2)c1. The van der Waals surface area contributed by atoms with Gasteiger partial charge >= 0.3 is 0 Å². The number of halogens is 2. The maximum Gasteiger partial charge on any atom is 0.137 e. The molecule has 0 radical (unpaired) electrons. The molecule has 0 atom stereocenters. The summed E-state index contributed by atoms with van der Waals surface area (Å²) in [5.74, 6) is 0.281. The highest BCUT2D eigenvalue weighted by atomic mass is 79.9. The Morgan fingerprint density at radius 2 is 1.81 bits per heavy atom. The van der Waals surface area contributed by atoms with Gasteiger partial charge in [-0.2, -0.15) is 0 Å². The average molecular weight is 342 g/mol. The Balaban J connectivity index is 2.64. The minimum Gasteiger partial charge on any atom is -0.506 e. The Labute approximate surface area is 111 Å². The van der Waals surface area contributed by atoms with E-state index in [0.717, 1.165) is 25.6 Å². The minimum absolute atomic E-state index is 0.281. The van der Waals surface area contributed by atoms with E-state index in [1.54, 1.807) is 0 Å². The van der Waals surface area contributed by atoms with Gasteiger partial charge in [-0.1, -0.05) is 28.1 Å². The van der Waals surface area contributed by atoms with Crippen LogP contribution in [0.4, 0.5) is 0 Å². The maximum atomic E-state index is 10.0. The van der Waals surface area contributed by atoms with Crippen LogP contribution in [0.5, 0.6) is 5.75 Å². The number of phenols is 1. The lowest BCUT2D eigenvalue weighted by Gasteiger charge is -2.08. The second-order valence-electron chi connectivity index (χ2n) is 3.65. The zero-order chi connectivity index (χ0) is 11.7.